The van der Waals surface area contributed by atoms with Gasteiger partial charge in [-0.25, -0.2) is 0 Å². The predicted molar refractivity (Wildman–Crippen MR) is 117 cm³/mol. The van der Waals surface area contributed by atoms with E-state index in [0.717, 1.165) is 0 Å². The van der Waals surface area contributed by atoms with Gasteiger partial charge in [-0.15, -0.1) is 0 Å². The third kappa shape index (κ3) is 10.6. The first-order chi connectivity index (χ1) is 12.8. The maximum absolute atomic E-state index is 2.64. The third-order valence-electron chi connectivity index (χ3n) is 6.10. The van der Waals surface area contributed by atoms with E-state index in [0.29, 0.717) is 0 Å². The molecule has 0 aliphatic carbocycles. The van der Waals surface area contributed by atoms with Gasteiger partial charge in [0.2, 0.25) is 5.84 Å². The van der Waals surface area contributed by atoms with Crippen LogP contribution in [-0.2, 0) is 0 Å². The van der Waals surface area contributed by atoms with Gasteiger partial charge < -0.3 is 0 Å². The fourth-order valence-electron chi connectivity index (χ4n) is 4.40. The summed E-state index contributed by atoms with van der Waals surface area (Å²) in [5.74, 6) is 1.60. The van der Waals surface area contributed by atoms with E-state index < -0.39 is 0 Å². The molecule has 0 radical (unpaired) electrons. The summed E-state index contributed by atoms with van der Waals surface area (Å²) >= 11 is 0. The number of likely N-dealkylation sites (N-methyl/N-ethyl adjacent to an activating group) is 1. The summed E-state index contributed by atoms with van der Waals surface area (Å²) in [6, 6.07) is 0. The van der Waals surface area contributed by atoms with Crippen molar-refractivity contribution < 1.29 is 4.58 Å². The summed E-state index contributed by atoms with van der Waals surface area (Å²) in [5, 5.41) is 0. The minimum atomic E-state index is 1.18. The summed E-state index contributed by atoms with van der Waals surface area (Å²) in [5.41, 5.74) is 0. The van der Waals surface area contributed by atoms with E-state index in [1.807, 2.05) is 0 Å². The lowest BCUT2D eigenvalue weighted by atomic mass is 10.0. The molecule has 0 amide bonds. The van der Waals surface area contributed by atoms with Crippen molar-refractivity contribution in [3.05, 3.63) is 0 Å². The first kappa shape index (κ1) is 23.5. The van der Waals surface area contributed by atoms with Crippen LogP contribution in [-0.4, -0.2) is 41.5 Å². The van der Waals surface area contributed by atoms with Crippen molar-refractivity contribution in [2.45, 2.75) is 124 Å². The summed E-state index contributed by atoms with van der Waals surface area (Å²) in [4.78, 5) is 2.64. The number of hydrogen-bond acceptors (Lipinski definition) is 1. The lowest BCUT2D eigenvalue weighted by molar-refractivity contribution is -0.515. The quantitative estimate of drug-likeness (QED) is 0.187. The van der Waals surface area contributed by atoms with Crippen molar-refractivity contribution in [2.75, 3.05) is 26.2 Å². The Morgan fingerprint density at radius 2 is 1.12 bits per heavy atom. The van der Waals surface area contributed by atoms with Gasteiger partial charge in [0.25, 0.3) is 0 Å². The SMILES string of the molecule is CCCCCCCCCCCCCCCCCN1CC[N+](CC)=C1CC. The fourth-order valence-corrected chi connectivity index (χ4v) is 4.40. The second kappa shape index (κ2) is 16.6. The molecule has 0 spiro atoms. The number of unbranched alkanes of at least 4 members (excludes halogenated alkanes) is 14. The first-order valence-electron chi connectivity index (χ1n) is 12.2. The van der Waals surface area contributed by atoms with Crippen LogP contribution in [0.4, 0.5) is 0 Å². The lowest BCUT2D eigenvalue weighted by Crippen LogP contribution is -2.30. The van der Waals surface area contributed by atoms with Crippen LogP contribution in [0.3, 0.4) is 0 Å². The molecule has 1 rings (SSSR count). The minimum absolute atomic E-state index is 1.18. The molecule has 2 heteroatoms. The van der Waals surface area contributed by atoms with Crippen LogP contribution in [0.5, 0.6) is 0 Å². The van der Waals surface area contributed by atoms with Gasteiger partial charge in [0, 0.05) is 6.42 Å². The summed E-state index contributed by atoms with van der Waals surface area (Å²) in [6.45, 7) is 11.9. The average molecular weight is 366 g/mol. The zero-order valence-corrected chi connectivity index (χ0v) is 18.5. The molecule has 0 N–H and O–H groups in total. The van der Waals surface area contributed by atoms with Crippen molar-refractivity contribution in [2.24, 2.45) is 0 Å². The Kier molecular flexibility index (Phi) is 15.0. The summed E-state index contributed by atoms with van der Waals surface area (Å²) in [7, 11) is 0. The number of amidine groups is 1. The molecule has 0 fully saturated rings. The molecule has 26 heavy (non-hydrogen) atoms. The van der Waals surface area contributed by atoms with Crippen LogP contribution in [0.1, 0.15) is 124 Å². The molecule has 0 saturated carbocycles. The smallest absolute Gasteiger partial charge is 0.246 e. The molecule has 0 unspecified atom stereocenters. The van der Waals surface area contributed by atoms with E-state index in [2.05, 4.69) is 30.2 Å². The van der Waals surface area contributed by atoms with Gasteiger partial charge in [-0.1, -0.05) is 97.3 Å². The second-order valence-electron chi connectivity index (χ2n) is 8.29. The van der Waals surface area contributed by atoms with E-state index in [1.54, 1.807) is 5.84 Å². The van der Waals surface area contributed by atoms with Crippen molar-refractivity contribution in [1.82, 2.24) is 4.90 Å². The van der Waals surface area contributed by atoms with Gasteiger partial charge >= 0.3 is 0 Å². The van der Waals surface area contributed by atoms with Crippen molar-refractivity contribution in [1.29, 1.82) is 0 Å². The van der Waals surface area contributed by atoms with Crippen molar-refractivity contribution in [3.8, 4) is 0 Å². The molecule has 1 aliphatic rings. The minimum Gasteiger partial charge on any atom is -0.262 e. The monoisotopic (exact) mass is 365 g/mol. The van der Waals surface area contributed by atoms with Crippen LogP contribution < -0.4 is 0 Å². The third-order valence-corrected chi connectivity index (χ3v) is 6.10. The zero-order valence-electron chi connectivity index (χ0n) is 18.5. The van der Waals surface area contributed by atoms with Gasteiger partial charge in [-0.2, -0.15) is 0 Å². The molecule has 0 aromatic heterocycles. The van der Waals surface area contributed by atoms with Crippen LogP contribution in [0.15, 0.2) is 0 Å². The average Bonchev–Trinajstić information content (AvgIpc) is 3.06. The number of hydrogen-bond donors (Lipinski definition) is 0. The maximum atomic E-state index is 2.64. The number of rotatable bonds is 18. The predicted octanol–water partition coefficient (Wildman–Crippen LogP) is 7.01. The van der Waals surface area contributed by atoms with E-state index in [1.165, 1.54) is 129 Å². The lowest BCUT2D eigenvalue weighted by Gasteiger charge is -2.12. The molecule has 0 aromatic rings. The fraction of sp³-hybridized carbons (Fsp3) is 0.958. The maximum Gasteiger partial charge on any atom is 0.246 e. The van der Waals surface area contributed by atoms with Crippen LogP contribution in [0.2, 0.25) is 0 Å². The molecule has 0 atom stereocenters. The standard InChI is InChI=1S/C24H49N2/c1-4-7-8-9-10-11-12-13-14-15-16-17-18-19-20-21-26-23-22-25(6-3)24(26)5-2/h4-23H2,1-3H3/q+1. The van der Waals surface area contributed by atoms with E-state index >= 15 is 0 Å². The van der Waals surface area contributed by atoms with E-state index in [4.69, 9.17) is 0 Å². The Morgan fingerprint density at radius 1 is 0.654 bits per heavy atom. The van der Waals surface area contributed by atoms with Crippen LogP contribution in [0, 0.1) is 0 Å². The largest absolute Gasteiger partial charge is 0.262 e. The number of nitrogens with zero attached hydrogens (tertiary/aromatic N) is 2. The van der Waals surface area contributed by atoms with Crippen LogP contribution in [0.25, 0.3) is 0 Å². The Morgan fingerprint density at radius 3 is 1.54 bits per heavy atom. The Bertz CT molecular complexity index is 348. The van der Waals surface area contributed by atoms with Crippen LogP contribution >= 0.6 is 0 Å². The van der Waals surface area contributed by atoms with Gasteiger partial charge in [-0.3, -0.25) is 9.48 Å². The second-order valence-corrected chi connectivity index (χ2v) is 8.29. The molecule has 0 saturated heterocycles. The molecule has 154 valence electrons. The van der Waals surface area contributed by atoms with Gasteiger partial charge in [0.15, 0.2) is 0 Å². The molecule has 0 bridgehead atoms. The first-order valence-corrected chi connectivity index (χ1v) is 12.2. The highest BCUT2D eigenvalue weighted by Crippen LogP contribution is 2.14. The summed E-state index contributed by atoms with van der Waals surface area (Å²) < 4.78 is 2.56. The highest BCUT2D eigenvalue weighted by Gasteiger charge is 2.26. The molecular weight excluding hydrogens is 316 g/mol. The topological polar surface area (TPSA) is 6.25 Å². The zero-order chi connectivity index (χ0) is 18.9. The molecular formula is C24H49N2+. The molecule has 0 aromatic carbocycles. The highest BCUT2D eigenvalue weighted by molar-refractivity contribution is 5.78. The normalized spacial score (nSPS) is 14.7. The van der Waals surface area contributed by atoms with Crippen molar-refractivity contribution in [3.63, 3.8) is 0 Å². The van der Waals surface area contributed by atoms with Gasteiger partial charge in [0.05, 0.1) is 13.1 Å². The molecule has 1 heterocycles. The van der Waals surface area contributed by atoms with Crippen molar-refractivity contribution >= 4 is 5.84 Å². The van der Waals surface area contributed by atoms with E-state index in [9.17, 15) is 0 Å². The Labute approximate surface area is 165 Å². The Balaban J connectivity index is 1.82. The summed E-state index contributed by atoms with van der Waals surface area (Å²) in [6.07, 6.45) is 23.0. The van der Waals surface area contributed by atoms with E-state index in [-0.39, 0.29) is 0 Å². The highest BCUT2D eigenvalue weighted by atomic mass is 15.3. The Hall–Kier alpha value is -0.530. The van der Waals surface area contributed by atoms with Gasteiger partial charge in [-0.05, 0) is 19.8 Å². The molecule has 2 nitrogen and oxygen atoms in total. The van der Waals surface area contributed by atoms with Gasteiger partial charge in [0.1, 0.15) is 13.1 Å². The molecule has 1 aliphatic heterocycles.